The van der Waals surface area contributed by atoms with Crippen LogP contribution < -0.4 is 5.73 Å². The maximum Gasteiger partial charge on any atom is 0.281 e. The molecule has 0 aromatic heterocycles. The molecule has 19 heavy (non-hydrogen) atoms. The maximum absolute atomic E-state index is 12.2. The standard InChI is InChI=1S/C12H21N3O2S.ClH/c1-14(2)18(16,17)15(10-6-9-13)11-12-7-4-3-5-8-12;/h3-5,7-8H,6,9-11,13H2,1-2H3;1H. The van der Waals surface area contributed by atoms with E-state index in [2.05, 4.69) is 0 Å². The van der Waals surface area contributed by atoms with Gasteiger partial charge in [-0.3, -0.25) is 0 Å². The van der Waals surface area contributed by atoms with Gasteiger partial charge in [0.1, 0.15) is 0 Å². The lowest BCUT2D eigenvalue weighted by Crippen LogP contribution is -2.40. The van der Waals surface area contributed by atoms with E-state index in [-0.39, 0.29) is 12.4 Å². The molecule has 0 radical (unpaired) electrons. The molecule has 0 heterocycles. The second kappa shape index (κ2) is 8.50. The summed E-state index contributed by atoms with van der Waals surface area (Å²) in [6.45, 7) is 1.29. The highest BCUT2D eigenvalue weighted by Crippen LogP contribution is 2.11. The lowest BCUT2D eigenvalue weighted by Gasteiger charge is -2.25. The van der Waals surface area contributed by atoms with Gasteiger partial charge in [0.05, 0.1) is 0 Å². The van der Waals surface area contributed by atoms with Gasteiger partial charge in [0.15, 0.2) is 0 Å². The molecule has 1 aromatic rings. The fourth-order valence-corrected chi connectivity index (χ4v) is 2.70. The Balaban J connectivity index is 0.00000324. The predicted octanol–water partition coefficient (Wildman–Crippen LogP) is 1.07. The molecule has 0 saturated carbocycles. The fourth-order valence-electron chi connectivity index (χ4n) is 1.56. The van der Waals surface area contributed by atoms with Crippen molar-refractivity contribution < 1.29 is 8.42 Å². The topological polar surface area (TPSA) is 66.6 Å². The van der Waals surface area contributed by atoms with E-state index < -0.39 is 10.2 Å². The summed E-state index contributed by atoms with van der Waals surface area (Å²) in [4.78, 5) is 0. The minimum absolute atomic E-state index is 0. The molecular weight excluding hydrogens is 286 g/mol. The Morgan fingerprint density at radius 3 is 2.21 bits per heavy atom. The molecule has 0 saturated heterocycles. The van der Waals surface area contributed by atoms with E-state index in [0.29, 0.717) is 26.1 Å². The minimum Gasteiger partial charge on any atom is -0.330 e. The number of hydrogen-bond acceptors (Lipinski definition) is 3. The molecule has 0 aliphatic rings. The zero-order chi connectivity index (χ0) is 13.6. The largest absolute Gasteiger partial charge is 0.330 e. The summed E-state index contributed by atoms with van der Waals surface area (Å²) in [5.41, 5.74) is 6.43. The average Bonchev–Trinajstić information content (AvgIpc) is 2.35. The van der Waals surface area contributed by atoms with Crippen molar-refractivity contribution in [2.24, 2.45) is 5.73 Å². The van der Waals surface area contributed by atoms with Crippen LogP contribution in [0.3, 0.4) is 0 Å². The second-order valence-corrected chi connectivity index (χ2v) is 6.39. The molecule has 0 aliphatic heterocycles. The van der Waals surface area contributed by atoms with Gasteiger partial charge in [-0.05, 0) is 18.5 Å². The highest BCUT2D eigenvalue weighted by atomic mass is 35.5. The van der Waals surface area contributed by atoms with E-state index in [0.717, 1.165) is 5.56 Å². The van der Waals surface area contributed by atoms with Crippen molar-refractivity contribution in [3.8, 4) is 0 Å². The van der Waals surface area contributed by atoms with E-state index in [1.807, 2.05) is 30.3 Å². The van der Waals surface area contributed by atoms with E-state index >= 15 is 0 Å². The Morgan fingerprint density at radius 2 is 1.74 bits per heavy atom. The third-order valence-electron chi connectivity index (χ3n) is 2.60. The van der Waals surface area contributed by atoms with Crippen LogP contribution in [0, 0.1) is 0 Å². The molecule has 0 fully saturated rings. The summed E-state index contributed by atoms with van der Waals surface area (Å²) in [6.07, 6.45) is 0.653. The third-order valence-corrected chi connectivity index (χ3v) is 4.49. The van der Waals surface area contributed by atoms with Crippen LogP contribution in [0.4, 0.5) is 0 Å². The smallest absolute Gasteiger partial charge is 0.281 e. The molecule has 1 rings (SSSR count). The molecule has 0 unspecified atom stereocenters. The molecule has 5 nitrogen and oxygen atoms in total. The molecule has 0 spiro atoms. The van der Waals surface area contributed by atoms with Gasteiger partial charge in [-0.25, -0.2) is 0 Å². The van der Waals surface area contributed by atoms with E-state index in [9.17, 15) is 8.42 Å². The normalized spacial score (nSPS) is 11.6. The summed E-state index contributed by atoms with van der Waals surface area (Å²) >= 11 is 0. The van der Waals surface area contributed by atoms with Crippen LogP contribution in [0.25, 0.3) is 0 Å². The Labute approximate surface area is 122 Å². The molecule has 0 amide bonds. The number of benzene rings is 1. The van der Waals surface area contributed by atoms with Crippen molar-refractivity contribution in [2.45, 2.75) is 13.0 Å². The maximum atomic E-state index is 12.2. The number of rotatable bonds is 7. The van der Waals surface area contributed by atoms with Crippen molar-refractivity contribution in [3.05, 3.63) is 35.9 Å². The van der Waals surface area contributed by atoms with Crippen LogP contribution in [-0.4, -0.2) is 44.2 Å². The van der Waals surface area contributed by atoms with Crippen molar-refractivity contribution >= 4 is 22.6 Å². The van der Waals surface area contributed by atoms with Gasteiger partial charge < -0.3 is 5.73 Å². The first-order valence-corrected chi connectivity index (χ1v) is 7.29. The van der Waals surface area contributed by atoms with Gasteiger partial charge in [-0.2, -0.15) is 17.0 Å². The van der Waals surface area contributed by atoms with Gasteiger partial charge in [-0.15, -0.1) is 12.4 Å². The molecule has 0 atom stereocenters. The summed E-state index contributed by atoms with van der Waals surface area (Å²) < 4.78 is 27.0. The highest BCUT2D eigenvalue weighted by molar-refractivity contribution is 7.86. The quantitative estimate of drug-likeness (QED) is 0.819. The van der Waals surface area contributed by atoms with Gasteiger partial charge in [0, 0.05) is 27.2 Å². The first-order valence-electron chi connectivity index (χ1n) is 5.90. The van der Waals surface area contributed by atoms with E-state index in [1.54, 1.807) is 0 Å². The molecule has 0 aliphatic carbocycles. The van der Waals surface area contributed by atoms with Gasteiger partial charge in [-0.1, -0.05) is 30.3 Å². The monoisotopic (exact) mass is 307 g/mol. The average molecular weight is 308 g/mol. The Morgan fingerprint density at radius 1 is 1.16 bits per heavy atom. The fraction of sp³-hybridized carbons (Fsp3) is 0.500. The molecule has 7 heteroatoms. The summed E-state index contributed by atoms with van der Waals surface area (Å²) in [6, 6.07) is 9.55. The Bertz CT molecular complexity index is 451. The molecule has 2 N–H and O–H groups in total. The van der Waals surface area contributed by atoms with Crippen LogP contribution in [-0.2, 0) is 16.8 Å². The highest BCUT2D eigenvalue weighted by Gasteiger charge is 2.23. The Kier molecular flexibility index (Phi) is 8.20. The molecular formula is C12H22ClN3O2S. The van der Waals surface area contributed by atoms with Gasteiger partial charge in [0.2, 0.25) is 0 Å². The third kappa shape index (κ3) is 5.46. The van der Waals surface area contributed by atoms with Crippen molar-refractivity contribution in [3.63, 3.8) is 0 Å². The van der Waals surface area contributed by atoms with E-state index in [1.165, 1.54) is 22.7 Å². The van der Waals surface area contributed by atoms with Crippen LogP contribution in [0.1, 0.15) is 12.0 Å². The number of halogens is 1. The summed E-state index contributed by atoms with van der Waals surface area (Å²) in [7, 11) is -0.323. The molecule has 1 aromatic carbocycles. The zero-order valence-corrected chi connectivity index (χ0v) is 13.0. The van der Waals surface area contributed by atoms with Crippen LogP contribution in [0.5, 0.6) is 0 Å². The summed E-state index contributed by atoms with van der Waals surface area (Å²) in [5, 5.41) is 0. The number of hydrogen-bond donors (Lipinski definition) is 1. The van der Waals surface area contributed by atoms with Crippen LogP contribution in [0.2, 0.25) is 0 Å². The second-order valence-electron chi connectivity index (χ2n) is 4.25. The van der Waals surface area contributed by atoms with Crippen LogP contribution in [0.15, 0.2) is 30.3 Å². The van der Waals surface area contributed by atoms with Gasteiger partial charge in [0.25, 0.3) is 10.2 Å². The lowest BCUT2D eigenvalue weighted by molar-refractivity contribution is 0.367. The zero-order valence-electron chi connectivity index (χ0n) is 11.3. The van der Waals surface area contributed by atoms with Crippen LogP contribution >= 0.6 is 12.4 Å². The van der Waals surface area contributed by atoms with Crippen molar-refractivity contribution in [1.29, 1.82) is 0 Å². The summed E-state index contributed by atoms with van der Waals surface area (Å²) in [5.74, 6) is 0. The molecule has 0 bridgehead atoms. The number of nitrogens with zero attached hydrogens (tertiary/aromatic N) is 2. The predicted molar refractivity (Wildman–Crippen MR) is 80.4 cm³/mol. The first-order chi connectivity index (χ1) is 8.48. The van der Waals surface area contributed by atoms with Gasteiger partial charge >= 0.3 is 0 Å². The molecule has 110 valence electrons. The SMILES string of the molecule is CN(C)S(=O)(=O)N(CCCN)Cc1ccccc1.Cl. The first kappa shape index (κ1) is 18.3. The lowest BCUT2D eigenvalue weighted by atomic mass is 10.2. The van der Waals surface area contributed by atoms with Crippen molar-refractivity contribution in [1.82, 2.24) is 8.61 Å². The minimum atomic E-state index is -3.40. The number of nitrogens with two attached hydrogens (primary N) is 1. The Hall–Kier alpha value is -0.660. The van der Waals surface area contributed by atoms with Crippen molar-refractivity contribution in [2.75, 3.05) is 27.2 Å². The van der Waals surface area contributed by atoms with E-state index in [4.69, 9.17) is 5.73 Å².